The molecular formula is C14H24Cl2FN3O3S. The number of nitrogens with zero attached hydrogens (tertiary/aromatic N) is 2. The number of pyridine rings is 1. The van der Waals surface area contributed by atoms with Crippen molar-refractivity contribution in [1.82, 2.24) is 14.6 Å². The molecule has 0 aliphatic carbocycles. The van der Waals surface area contributed by atoms with Crippen LogP contribution in [0.1, 0.15) is 31.4 Å². The summed E-state index contributed by atoms with van der Waals surface area (Å²) in [5, 5.41) is 13.4. The van der Waals surface area contributed by atoms with Crippen molar-refractivity contribution < 1.29 is 17.9 Å². The molecule has 1 aliphatic heterocycles. The Labute approximate surface area is 154 Å². The monoisotopic (exact) mass is 403 g/mol. The van der Waals surface area contributed by atoms with Crippen molar-refractivity contribution in [2.24, 2.45) is 0 Å². The summed E-state index contributed by atoms with van der Waals surface area (Å²) in [6.45, 7) is 3.18. The number of nitrogens with one attached hydrogen (secondary N) is 1. The van der Waals surface area contributed by atoms with Gasteiger partial charge in [-0.1, -0.05) is 0 Å². The Balaban J connectivity index is 0.00000264. The minimum absolute atomic E-state index is 0. The summed E-state index contributed by atoms with van der Waals surface area (Å²) in [6.07, 6.45) is 4.20. The van der Waals surface area contributed by atoms with Gasteiger partial charge in [0.1, 0.15) is 5.82 Å². The highest BCUT2D eigenvalue weighted by Gasteiger charge is 2.33. The van der Waals surface area contributed by atoms with Crippen molar-refractivity contribution in [1.29, 1.82) is 0 Å². The van der Waals surface area contributed by atoms with Gasteiger partial charge in [-0.3, -0.25) is 4.98 Å². The zero-order valence-electron chi connectivity index (χ0n) is 13.6. The summed E-state index contributed by atoms with van der Waals surface area (Å²) in [6, 6.07) is 1.26. The highest BCUT2D eigenvalue weighted by atomic mass is 35.5. The smallest absolute Gasteiger partial charge is 0.211 e. The van der Waals surface area contributed by atoms with E-state index in [1.807, 2.05) is 6.92 Å². The van der Waals surface area contributed by atoms with Crippen LogP contribution < -0.4 is 5.32 Å². The maximum Gasteiger partial charge on any atom is 0.211 e. The van der Waals surface area contributed by atoms with E-state index < -0.39 is 21.9 Å². The summed E-state index contributed by atoms with van der Waals surface area (Å²) in [4.78, 5) is 3.72. The molecule has 1 aromatic heterocycles. The normalized spacial score (nSPS) is 19.0. The third-order valence-electron chi connectivity index (χ3n) is 4.13. The van der Waals surface area contributed by atoms with Gasteiger partial charge in [0.05, 0.1) is 18.6 Å². The Hall–Kier alpha value is -0.510. The van der Waals surface area contributed by atoms with Crippen molar-refractivity contribution in [3.8, 4) is 0 Å². The van der Waals surface area contributed by atoms with Gasteiger partial charge in [0, 0.05) is 36.9 Å². The fourth-order valence-electron chi connectivity index (χ4n) is 2.56. The van der Waals surface area contributed by atoms with Crippen LogP contribution in [0.15, 0.2) is 18.5 Å². The van der Waals surface area contributed by atoms with Crippen LogP contribution in [0, 0.1) is 5.82 Å². The van der Waals surface area contributed by atoms with Crippen LogP contribution in [0.2, 0.25) is 0 Å². The molecule has 0 radical (unpaired) electrons. The third-order valence-corrected chi connectivity index (χ3v) is 5.43. The number of hydrogen-bond acceptors (Lipinski definition) is 5. The molecule has 0 bridgehead atoms. The van der Waals surface area contributed by atoms with Crippen LogP contribution in [-0.2, 0) is 10.0 Å². The molecule has 2 rings (SSSR count). The van der Waals surface area contributed by atoms with Crippen molar-refractivity contribution in [2.75, 3.05) is 25.9 Å². The topological polar surface area (TPSA) is 82.5 Å². The molecule has 2 N–H and O–H groups in total. The molecule has 24 heavy (non-hydrogen) atoms. The van der Waals surface area contributed by atoms with E-state index in [-0.39, 0.29) is 36.9 Å². The standard InChI is InChI=1S/C14H22FN3O3S.2ClH/c1-14(3-5-18(6-4-14)22(2,20)21)17-10-13(19)11-7-12(15)9-16-8-11;;/h7-9,13,17,19H,3-6,10H2,1-2H3;2*1H/t13-;;/m0../s1. The first-order chi connectivity index (χ1) is 10.2. The average Bonchev–Trinajstić information content (AvgIpc) is 2.44. The highest BCUT2D eigenvalue weighted by Crippen LogP contribution is 2.24. The van der Waals surface area contributed by atoms with E-state index in [1.54, 1.807) is 0 Å². The van der Waals surface area contributed by atoms with Crippen molar-refractivity contribution >= 4 is 34.8 Å². The van der Waals surface area contributed by atoms with Crippen LogP contribution in [0.4, 0.5) is 4.39 Å². The first kappa shape index (κ1) is 23.5. The van der Waals surface area contributed by atoms with Gasteiger partial charge in [-0.2, -0.15) is 0 Å². The van der Waals surface area contributed by atoms with E-state index in [9.17, 15) is 17.9 Å². The SMILES string of the molecule is CC1(NC[C@H](O)c2cncc(F)c2)CCN(S(C)(=O)=O)CC1.Cl.Cl. The minimum Gasteiger partial charge on any atom is -0.387 e. The molecule has 2 heterocycles. The Morgan fingerprint density at radius 3 is 2.46 bits per heavy atom. The van der Waals surface area contributed by atoms with E-state index in [0.717, 1.165) is 6.20 Å². The number of halogens is 3. The second-order valence-electron chi connectivity index (χ2n) is 6.06. The third kappa shape index (κ3) is 6.42. The second-order valence-corrected chi connectivity index (χ2v) is 8.04. The molecular weight excluding hydrogens is 380 g/mol. The van der Waals surface area contributed by atoms with Crippen molar-refractivity contribution in [2.45, 2.75) is 31.4 Å². The predicted molar refractivity (Wildman–Crippen MR) is 95.7 cm³/mol. The number of rotatable bonds is 5. The number of hydrogen-bond donors (Lipinski definition) is 2. The maximum atomic E-state index is 13.1. The number of aliphatic hydroxyl groups is 1. The Kier molecular flexibility index (Phi) is 9.06. The molecule has 0 aromatic carbocycles. The lowest BCUT2D eigenvalue weighted by atomic mass is 9.90. The molecule has 0 saturated carbocycles. The summed E-state index contributed by atoms with van der Waals surface area (Å²) in [5.41, 5.74) is 0.174. The summed E-state index contributed by atoms with van der Waals surface area (Å²) < 4.78 is 37.6. The van der Waals surface area contributed by atoms with E-state index in [4.69, 9.17) is 0 Å². The Morgan fingerprint density at radius 1 is 1.38 bits per heavy atom. The molecule has 1 saturated heterocycles. The van der Waals surface area contributed by atoms with Crippen LogP contribution >= 0.6 is 24.8 Å². The average molecular weight is 404 g/mol. The van der Waals surface area contributed by atoms with E-state index in [2.05, 4.69) is 10.3 Å². The molecule has 140 valence electrons. The van der Waals surface area contributed by atoms with Crippen LogP contribution in [0.25, 0.3) is 0 Å². The van der Waals surface area contributed by atoms with Gasteiger partial charge in [0.25, 0.3) is 0 Å². The minimum atomic E-state index is -3.15. The van der Waals surface area contributed by atoms with Gasteiger partial charge in [-0.15, -0.1) is 24.8 Å². The lowest BCUT2D eigenvalue weighted by molar-refractivity contribution is 0.138. The van der Waals surface area contributed by atoms with E-state index in [1.165, 1.54) is 22.8 Å². The van der Waals surface area contributed by atoms with E-state index >= 15 is 0 Å². The van der Waals surface area contributed by atoms with Crippen molar-refractivity contribution in [3.05, 3.63) is 29.8 Å². The lowest BCUT2D eigenvalue weighted by Gasteiger charge is -2.39. The van der Waals surface area contributed by atoms with Crippen molar-refractivity contribution in [3.63, 3.8) is 0 Å². The molecule has 6 nitrogen and oxygen atoms in total. The molecule has 0 unspecified atom stereocenters. The number of aromatic nitrogens is 1. The molecule has 1 aromatic rings. The van der Waals surface area contributed by atoms with Gasteiger partial charge >= 0.3 is 0 Å². The van der Waals surface area contributed by atoms with Gasteiger partial charge in [0.15, 0.2) is 0 Å². The maximum absolute atomic E-state index is 13.1. The Bertz CT molecular complexity index is 625. The molecule has 1 aliphatic rings. The molecule has 1 atom stereocenters. The zero-order chi connectivity index (χ0) is 16.4. The molecule has 0 amide bonds. The van der Waals surface area contributed by atoms with Crippen LogP contribution in [0.3, 0.4) is 0 Å². The summed E-state index contributed by atoms with van der Waals surface area (Å²) in [5.74, 6) is -0.482. The van der Waals surface area contributed by atoms with Gasteiger partial charge < -0.3 is 10.4 Å². The fraction of sp³-hybridized carbons (Fsp3) is 0.643. The summed E-state index contributed by atoms with van der Waals surface area (Å²) in [7, 11) is -3.15. The zero-order valence-corrected chi connectivity index (χ0v) is 16.1. The van der Waals surface area contributed by atoms with Crippen LogP contribution in [0.5, 0.6) is 0 Å². The molecule has 0 spiro atoms. The second kappa shape index (κ2) is 9.26. The number of aliphatic hydroxyl groups excluding tert-OH is 1. The quantitative estimate of drug-likeness (QED) is 0.778. The van der Waals surface area contributed by atoms with Gasteiger partial charge in [-0.05, 0) is 25.8 Å². The van der Waals surface area contributed by atoms with Gasteiger partial charge in [0.2, 0.25) is 10.0 Å². The first-order valence-electron chi connectivity index (χ1n) is 7.18. The van der Waals surface area contributed by atoms with Gasteiger partial charge in [-0.25, -0.2) is 17.1 Å². The number of sulfonamides is 1. The van der Waals surface area contributed by atoms with E-state index in [0.29, 0.717) is 31.5 Å². The predicted octanol–water partition coefficient (Wildman–Crippen LogP) is 1.50. The Morgan fingerprint density at radius 2 is 1.96 bits per heavy atom. The molecule has 10 heteroatoms. The lowest BCUT2D eigenvalue weighted by Crippen LogP contribution is -2.53. The molecule has 1 fully saturated rings. The fourth-order valence-corrected chi connectivity index (χ4v) is 3.41. The number of piperidine rings is 1. The first-order valence-corrected chi connectivity index (χ1v) is 9.03. The highest BCUT2D eigenvalue weighted by molar-refractivity contribution is 7.88. The number of β-amino-alcohol motifs (C(OH)–C–C–N with tert-alkyl or cyclic N) is 1. The van der Waals surface area contributed by atoms with Crippen LogP contribution in [-0.4, -0.2) is 54.2 Å². The largest absolute Gasteiger partial charge is 0.387 e. The summed E-state index contributed by atoms with van der Waals surface area (Å²) >= 11 is 0.